The number of nitrogens with one attached hydrogen (secondary N) is 2. The molecule has 2 aliphatic rings. The van der Waals surface area contributed by atoms with Crippen molar-refractivity contribution in [1.82, 2.24) is 15.5 Å². The Balaban J connectivity index is 1.66. The largest absolute Gasteiger partial charge is 0.444 e. The molecule has 0 aromatic heterocycles. The van der Waals surface area contributed by atoms with Gasteiger partial charge < -0.3 is 20.1 Å². The fraction of sp³-hybridized carbons (Fsp3) is 0.609. The van der Waals surface area contributed by atoms with Gasteiger partial charge in [0.15, 0.2) is 0 Å². The Bertz CT molecular complexity index is 814. The number of hydrogen-bond acceptors (Lipinski definition) is 5. The Morgan fingerprint density at radius 3 is 2.58 bits per heavy atom. The zero-order chi connectivity index (χ0) is 22.6. The highest BCUT2D eigenvalue weighted by atomic mass is 16.6. The SMILES string of the molecule is C[C@H](NC(=O)[C@@H]1Cc2ccccc2CN1C(=O)OC(C)(C)C)C(=O)NC[C@@H]1CCCO1. The Hall–Kier alpha value is -2.61. The molecule has 1 saturated heterocycles. The van der Waals surface area contributed by atoms with E-state index in [2.05, 4.69) is 10.6 Å². The van der Waals surface area contributed by atoms with Crippen molar-refractivity contribution in [1.29, 1.82) is 0 Å². The Labute approximate surface area is 183 Å². The third-order valence-corrected chi connectivity index (χ3v) is 5.46. The first kappa shape index (κ1) is 23.1. The molecule has 3 rings (SSSR count). The van der Waals surface area contributed by atoms with Crippen LogP contribution in [0.1, 0.15) is 51.7 Å². The van der Waals surface area contributed by atoms with Crippen molar-refractivity contribution in [2.75, 3.05) is 13.2 Å². The molecule has 8 nitrogen and oxygen atoms in total. The number of fused-ring (bicyclic) bond motifs is 1. The summed E-state index contributed by atoms with van der Waals surface area (Å²) in [6.07, 6.45) is 1.77. The van der Waals surface area contributed by atoms with Crippen LogP contribution in [0, 0.1) is 0 Å². The van der Waals surface area contributed by atoms with Crippen LogP contribution in [0.3, 0.4) is 0 Å². The van der Waals surface area contributed by atoms with Gasteiger partial charge in [0, 0.05) is 19.6 Å². The van der Waals surface area contributed by atoms with Crippen molar-refractivity contribution >= 4 is 17.9 Å². The summed E-state index contributed by atoms with van der Waals surface area (Å²) >= 11 is 0. The summed E-state index contributed by atoms with van der Waals surface area (Å²) in [6, 6.07) is 6.25. The molecule has 1 aromatic carbocycles. The molecule has 0 spiro atoms. The molecule has 0 bridgehead atoms. The maximum Gasteiger partial charge on any atom is 0.411 e. The van der Waals surface area contributed by atoms with E-state index in [0.717, 1.165) is 30.6 Å². The second-order valence-corrected chi connectivity index (χ2v) is 9.21. The fourth-order valence-corrected chi connectivity index (χ4v) is 3.82. The monoisotopic (exact) mass is 431 g/mol. The maximum atomic E-state index is 13.1. The van der Waals surface area contributed by atoms with Gasteiger partial charge >= 0.3 is 6.09 Å². The van der Waals surface area contributed by atoms with Gasteiger partial charge in [0.2, 0.25) is 11.8 Å². The first-order valence-electron chi connectivity index (χ1n) is 10.9. The van der Waals surface area contributed by atoms with Gasteiger partial charge in [-0.25, -0.2) is 4.79 Å². The number of hydrogen-bond donors (Lipinski definition) is 2. The quantitative estimate of drug-likeness (QED) is 0.745. The summed E-state index contributed by atoms with van der Waals surface area (Å²) in [7, 11) is 0. The van der Waals surface area contributed by atoms with Crippen LogP contribution in [0.5, 0.6) is 0 Å². The van der Waals surface area contributed by atoms with Crippen molar-refractivity contribution in [3.05, 3.63) is 35.4 Å². The zero-order valence-electron chi connectivity index (χ0n) is 18.8. The van der Waals surface area contributed by atoms with Crippen molar-refractivity contribution in [3.63, 3.8) is 0 Å². The average Bonchev–Trinajstić information content (AvgIpc) is 3.23. The van der Waals surface area contributed by atoms with Crippen molar-refractivity contribution in [2.24, 2.45) is 0 Å². The van der Waals surface area contributed by atoms with Crippen molar-refractivity contribution < 1.29 is 23.9 Å². The highest BCUT2D eigenvalue weighted by molar-refractivity contribution is 5.91. The molecular weight excluding hydrogens is 398 g/mol. The van der Waals surface area contributed by atoms with Gasteiger partial charge in [-0.15, -0.1) is 0 Å². The van der Waals surface area contributed by atoms with E-state index >= 15 is 0 Å². The topological polar surface area (TPSA) is 97.0 Å². The molecule has 0 unspecified atom stereocenters. The predicted molar refractivity (Wildman–Crippen MR) is 115 cm³/mol. The number of carbonyl (C=O) groups is 3. The van der Waals surface area contributed by atoms with E-state index in [4.69, 9.17) is 9.47 Å². The molecule has 8 heteroatoms. The van der Waals surface area contributed by atoms with E-state index in [-0.39, 0.29) is 24.5 Å². The summed E-state index contributed by atoms with van der Waals surface area (Å²) in [5.41, 5.74) is 1.32. The van der Waals surface area contributed by atoms with Gasteiger partial charge in [-0.05, 0) is 51.7 Å². The van der Waals surface area contributed by atoms with Crippen LogP contribution in [0.2, 0.25) is 0 Å². The third-order valence-electron chi connectivity index (χ3n) is 5.46. The van der Waals surface area contributed by atoms with Crippen LogP contribution in [0.25, 0.3) is 0 Å². The van der Waals surface area contributed by atoms with Crippen LogP contribution < -0.4 is 10.6 Å². The molecule has 170 valence electrons. The lowest BCUT2D eigenvalue weighted by atomic mass is 9.93. The molecule has 31 heavy (non-hydrogen) atoms. The molecule has 0 saturated carbocycles. The van der Waals surface area contributed by atoms with Gasteiger partial charge in [0.1, 0.15) is 17.7 Å². The lowest BCUT2D eigenvalue weighted by Crippen LogP contribution is -2.57. The second kappa shape index (κ2) is 9.68. The molecule has 2 heterocycles. The predicted octanol–water partition coefficient (Wildman–Crippen LogP) is 2.15. The number of carbonyl (C=O) groups excluding carboxylic acids is 3. The molecular formula is C23H33N3O5. The molecule has 2 aliphatic heterocycles. The van der Waals surface area contributed by atoms with Gasteiger partial charge in [-0.3, -0.25) is 14.5 Å². The molecule has 0 aliphatic carbocycles. The Morgan fingerprint density at radius 1 is 1.23 bits per heavy atom. The summed E-state index contributed by atoms with van der Waals surface area (Å²) in [4.78, 5) is 39.8. The number of benzene rings is 1. The normalized spacial score (nSPS) is 21.7. The van der Waals surface area contributed by atoms with Gasteiger partial charge in [0.25, 0.3) is 0 Å². The minimum Gasteiger partial charge on any atom is -0.444 e. The molecule has 2 N–H and O–H groups in total. The first-order chi connectivity index (χ1) is 14.6. The van der Waals surface area contributed by atoms with E-state index in [1.165, 1.54) is 4.90 Å². The minimum absolute atomic E-state index is 0.0318. The molecule has 0 radical (unpaired) electrons. The van der Waals surface area contributed by atoms with Crippen LogP contribution in [-0.2, 0) is 32.0 Å². The number of rotatable bonds is 5. The van der Waals surface area contributed by atoms with E-state index in [0.29, 0.717) is 13.0 Å². The van der Waals surface area contributed by atoms with Crippen molar-refractivity contribution in [2.45, 2.75) is 77.3 Å². The Kier molecular flexibility index (Phi) is 7.20. The third kappa shape index (κ3) is 6.19. The molecule has 3 amide bonds. The lowest BCUT2D eigenvalue weighted by molar-refractivity contribution is -0.132. The van der Waals surface area contributed by atoms with Gasteiger partial charge in [-0.2, -0.15) is 0 Å². The minimum atomic E-state index is -0.752. The van der Waals surface area contributed by atoms with Crippen LogP contribution in [-0.4, -0.2) is 59.7 Å². The lowest BCUT2D eigenvalue weighted by Gasteiger charge is -2.37. The Morgan fingerprint density at radius 2 is 1.94 bits per heavy atom. The number of nitrogens with zero attached hydrogens (tertiary/aromatic N) is 1. The highest BCUT2D eigenvalue weighted by Gasteiger charge is 2.37. The number of amides is 3. The van der Waals surface area contributed by atoms with Crippen LogP contribution >= 0.6 is 0 Å². The van der Waals surface area contributed by atoms with Crippen molar-refractivity contribution in [3.8, 4) is 0 Å². The zero-order valence-corrected chi connectivity index (χ0v) is 18.8. The molecule has 1 aromatic rings. The standard InChI is InChI=1S/C23H33N3O5/c1-15(20(27)24-13-18-10-7-11-30-18)25-21(28)19-12-16-8-5-6-9-17(16)14-26(19)22(29)31-23(2,3)4/h5-6,8-9,15,18-19H,7,10-14H2,1-4H3,(H,24,27)(H,25,28)/t15-,18-,19-/m0/s1. The average molecular weight is 432 g/mol. The van der Waals surface area contributed by atoms with Gasteiger partial charge in [-0.1, -0.05) is 24.3 Å². The van der Waals surface area contributed by atoms with E-state index in [1.54, 1.807) is 27.7 Å². The summed E-state index contributed by atoms with van der Waals surface area (Å²) in [6.45, 7) is 8.44. The maximum absolute atomic E-state index is 13.1. The van der Waals surface area contributed by atoms with Crippen LogP contribution in [0.15, 0.2) is 24.3 Å². The summed E-state index contributed by atoms with van der Waals surface area (Å²) < 4.78 is 11.0. The second-order valence-electron chi connectivity index (χ2n) is 9.21. The molecule has 3 atom stereocenters. The number of ether oxygens (including phenoxy) is 2. The molecule has 1 fully saturated rings. The van der Waals surface area contributed by atoms with E-state index < -0.39 is 23.8 Å². The highest BCUT2D eigenvalue weighted by Crippen LogP contribution is 2.25. The van der Waals surface area contributed by atoms with E-state index in [9.17, 15) is 14.4 Å². The van der Waals surface area contributed by atoms with Gasteiger partial charge in [0.05, 0.1) is 12.6 Å². The van der Waals surface area contributed by atoms with E-state index in [1.807, 2.05) is 24.3 Å². The fourth-order valence-electron chi connectivity index (χ4n) is 3.82. The summed E-state index contributed by atoms with van der Waals surface area (Å²) in [5.74, 6) is -0.649. The first-order valence-corrected chi connectivity index (χ1v) is 10.9. The smallest absolute Gasteiger partial charge is 0.411 e. The summed E-state index contributed by atoms with van der Waals surface area (Å²) in [5, 5.41) is 5.59. The van der Waals surface area contributed by atoms with Crippen LogP contribution in [0.4, 0.5) is 4.79 Å².